The van der Waals surface area contributed by atoms with Crippen LogP contribution in [0.2, 0.25) is 0 Å². The van der Waals surface area contributed by atoms with E-state index in [9.17, 15) is 0 Å². The maximum Gasteiger partial charge on any atom is 0.164 e. The molecule has 4 heteroatoms. The van der Waals surface area contributed by atoms with Gasteiger partial charge in [0.05, 0.1) is 0 Å². The molecule has 9 rings (SSSR count). The van der Waals surface area contributed by atoms with Gasteiger partial charge >= 0.3 is 0 Å². The second-order valence-electron chi connectivity index (χ2n) is 12.1. The van der Waals surface area contributed by atoms with Crippen molar-refractivity contribution < 1.29 is 4.42 Å². The summed E-state index contributed by atoms with van der Waals surface area (Å²) in [6, 6.07) is 60.6. The average Bonchev–Trinajstić information content (AvgIpc) is 3.57. The summed E-state index contributed by atoms with van der Waals surface area (Å²) in [5, 5.41) is 2.26. The molecule has 9 aromatic rings. The fourth-order valence-corrected chi connectivity index (χ4v) is 6.39. The van der Waals surface area contributed by atoms with Gasteiger partial charge in [0.15, 0.2) is 17.5 Å². The highest BCUT2D eigenvalue weighted by Crippen LogP contribution is 2.34. The van der Waals surface area contributed by atoms with Crippen LogP contribution in [-0.2, 0) is 0 Å². The molecule has 0 aliphatic rings. The van der Waals surface area contributed by atoms with E-state index in [1.165, 1.54) is 5.56 Å². The maximum absolute atomic E-state index is 6.06. The Balaban J connectivity index is 1.05. The summed E-state index contributed by atoms with van der Waals surface area (Å²) >= 11 is 0. The lowest BCUT2D eigenvalue weighted by Gasteiger charge is -2.10. The van der Waals surface area contributed by atoms with Crippen LogP contribution in [0.15, 0.2) is 180 Å². The summed E-state index contributed by atoms with van der Waals surface area (Å²) in [5.74, 6) is 1.92. The number of aromatic nitrogens is 3. The molecule has 0 saturated heterocycles. The van der Waals surface area contributed by atoms with Crippen molar-refractivity contribution in [1.82, 2.24) is 15.0 Å². The lowest BCUT2D eigenvalue weighted by molar-refractivity contribution is 0.669. The van der Waals surface area contributed by atoms with Crippen LogP contribution in [0.4, 0.5) is 0 Å². The minimum absolute atomic E-state index is 0.636. The van der Waals surface area contributed by atoms with E-state index in [0.717, 1.165) is 66.4 Å². The van der Waals surface area contributed by atoms with Gasteiger partial charge < -0.3 is 4.42 Å². The van der Waals surface area contributed by atoms with Crippen LogP contribution in [0.3, 0.4) is 0 Å². The first-order valence-corrected chi connectivity index (χ1v) is 16.4. The Morgan fingerprint density at radius 1 is 0.265 bits per heavy atom. The predicted octanol–water partition coefficient (Wildman–Crippen LogP) is 11.8. The first-order chi connectivity index (χ1) is 24.2. The largest absolute Gasteiger partial charge is 0.456 e. The summed E-state index contributed by atoms with van der Waals surface area (Å²) in [5.41, 5.74) is 11.5. The van der Waals surface area contributed by atoms with Gasteiger partial charge in [-0.3, -0.25) is 0 Å². The Hall–Kier alpha value is -6.65. The Morgan fingerprint density at radius 2 is 0.653 bits per heavy atom. The van der Waals surface area contributed by atoms with Gasteiger partial charge in [-0.25, -0.2) is 15.0 Å². The van der Waals surface area contributed by atoms with Gasteiger partial charge in [-0.05, 0) is 57.6 Å². The summed E-state index contributed by atoms with van der Waals surface area (Å²) in [7, 11) is 0. The Kier molecular flexibility index (Phi) is 7.10. The van der Waals surface area contributed by atoms with E-state index in [-0.39, 0.29) is 0 Å². The Morgan fingerprint density at radius 3 is 1.29 bits per heavy atom. The fourth-order valence-electron chi connectivity index (χ4n) is 6.39. The number of furan rings is 1. The summed E-state index contributed by atoms with van der Waals surface area (Å²) in [6.45, 7) is 0. The van der Waals surface area contributed by atoms with E-state index < -0.39 is 0 Å². The molecule has 230 valence electrons. The highest BCUT2D eigenvalue weighted by Gasteiger charge is 2.14. The van der Waals surface area contributed by atoms with E-state index in [1.54, 1.807) is 0 Å². The third-order valence-electron chi connectivity index (χ3n) is 8.97. The second-order valence-corrected chi connectivity index (χ2v) is 12.1. The molecule has 0 aliphatic heterocycles. The average molecular weight is 628 g/mol. The van der Waals surface area contributed by atoms with Gasteiger partial charge in [0.2, 0.25) is 0 Å². The third kappa shape index (κ3) is 5.56. The van der Waals surface area contributed by atoms with Gasteiger partial charge in [0.1, 0.15) is 11.2 Å². The molecular formula is C45H29N3O. The highest BCUT2D eigenvalue weighted by molar-refractivity contribution is 6.06. The van der Waals surface area contributed by atoms with E-state index in [2.05, 4.69) is 127 Å². The van der Waals surface area contributed by atoms with Crippen LogP contribution in [-0.4, -0.2) is 15.0 Å². The lowest BCUT2D eigenvalue weighted by Crippen LogP contribution is -2.00. The number of hydrogen-bond donors (Lipinski definition) is 0. The summed E-state index contributed by atoms with van der Waals surface area (Å²) < 4.78 is 6.06. The molecule has 4 nitrogen and oxygen atoms in total. The van der Waals surface area contributed by atoms with Crippen LogP contribution < -0.4 is 0 Å². The number of hydrogen-bond acceptors (Lipinski definition) is 4. The minimum atomic E-state index is 0.636. The van der Waals surface area contributed by atoms with E-state index >= 15 is 0 Å². The van der Waals surface area contributed by atoms with Crippen LogP contribution in [0.5, 0.6) is 0 Å². The smallest absolute Gasteiger partial charge is 0.164 e. The first kappa shape index (κ1) is 28.6. The number of para-hydroxylation sites is 1. The zero-order valence-electron chi connectivity index (χ0n) is 26.5. The molecular weight excluding hydrogens is 599 g/mol. The standard InChI is InChI=1S/C45H29N3O/c1-3-10-30(11-4-1)31-18-22-34(23-19-31)44-46-43(33-12-5-2-6-13-33)47-45(48-44)35-24-20-32(21-25-35)36-14-9-15-37(28-36)38-26-27-42-40(29-38)39-16-7-8-17-41(39)49-42/h1-29H. The predicted molar refractivity (Wildman–Crippen MR) is 200 cm³/mol. The molecule has 0 radical (unpaired) electrons. The van der Waals surface area contributed by atoms with E-state index in [4.69, 9.17) is 19.4 Å². The topological polar surface area (TPSA) is 51.8 Å². The molecule has 0 bridgehead atoms. The molecule has 0 N–H and O–H groups in total. The van der Waals surface area contributed by atoms with Crippen molar-refractivity contribution in [2.45, 2.75) is 0 Å². The van der Waals surface area contributed by atoms with Gasteiger partial charge in [0, 0.05) is 27.5 Å². The number of fused-ring (bicyclic) bond motifs is 3. The fraction of sp³-hybridized carbons (Fsp3) is 0. The molecule has 0 aliphatic carbocycles. The Labute approximate surface area is 284 Å². The lowest BCUT2D eigenvalue weighted by atomic mass is 9.97. The van der Waals surface area contributed by atoms with Crippen molar-refractivity contribution >= 4 is 21.9 Å². The van der Waals surface area contributed by atoms with Crippen molar-refractivity contribution in [3.05, 3.63) is 176 Å². The molecule has 7 aromatic carbocycles. The van der Waals surface area contributed by atoms with Gasteiger partial charge in [-0.15, -0.1) is 0 Å². The summed E-state index contributed by atoms with van der Waals surface area (Å²) in [4.78, 5) is 14.8. The van der Waals surface area contributed by atoms with Gasteiger partial charge in [-0.2, -0.15) is 0 Å². The molecule has 0 atom stereocenters. The molecule has 0 amide bonds. The first-order valence-electron chi connectivity index (χ1n) is 16.4. The number of benzene rings is 7. The molecule has 0 spiro atoms. The SMILES string of the molecule is c1ccc(-c2ccc(-c3nc(-c4ccccc4)nc(-c4ccc(-c5cccc(-c6ccc7oc8ccccc8c7c6)c5)cc4)n3)cc2)cc1. The van der Waals surface area contributed by atoms with Crippen molar-refractivity contribution in [1.29, 1.82) is 0 Å². The quantitative estimate of drug-likeness (QED) is 0.184. The summed E-state index contributed by atoms with van der Waals surface area (Å²) in [6.07, 6.45) is 0. The van der Waals surface area contributed by atoms with Gasteiger partial charge in [-0.1, -0.05) is 152 Å². The van der Waals surface area contributed by atoms with Crippen molar-refractivity contribution in [3.8, 4) is 67.5 Å². The van der Waals surface area contributed by atoms with Gasteiger partial charge in [0.25, 0.3) is 0 Å². The second kappa shape index (κ2) is 12.2. The number of nitrogens with zero attached hydrogens (tertiary/aromatic N) is 3. The van der Waals surface area contributed by atoms with Crippen molar-refractivity contribution in [3.63, 3.8) is 0 Å². The van der Waals surface area contributed by atoms with Crippen LogP contribution >= 0.6 is 0 Å². The zero-order chi connectivity index (χ0) is 32.6. The third-order valence-corrected chi connectivity index (χ3v) is 8.97. The molecule has 0 saturated carbocycles. The monoisotopic (exact) mass is 627 g/mol. The normalized spacial score (nSPS) is 11.3. The molecule has 49 heavy (non-hydrogen) atoms. The Bertz CT molecular complexity index is 2570. The highest BCUT2D eigenvalue weighted by atomic mass is 16.3. The van der Waals surface area contributed by atoms with Crippen LogP contribution in [0.1, 0.15) is 0 Å². The van der Waals surface area contributed by atoms with Crippen molar-refractivity contribution in [2.24, 2.45) is 0 Å². The van der Waals surface area contributed by atoms with Crippen LogP contribution in [0, 0.1) is 0 Å². The van der Waals surface area contributed by atoms with Crippen molar-refractivity contribution in [2.75, 3.05) is 0 Å². The van der Waals surface area contributed by atoms with E-state index in [1.807, 2.05) is 48.5 Å². The van der Waals surface area contributed by atoms with E-state index in [0.29, 0.717) is 17.5 Å². The maximum atomic E-state index is 6.06. The number of rotatable bonds is 6. The zero-order valence-corrected chi connectivity index (χ0v) is 26.5. The molecule has 0 unspecified atom stereocenters. The molecule has 2 aromatic heterocycles. The van der Waals surface area contributed by atoms with Crippen LogP contribution in [0.25, 0.3) is 89.5 Å². The minimum Gasteiger partial charge on any atom is -0.456 e. The molecule has 0 fully saturated rings. The molecule has 2 heterocycles.